The van der Waals surface area contributed by atoms with Crippen LogP contribution in [0.1, 0.15) is 49.4 Å². The first kappa shape index (κ1) is 13.4. The van der Waals surface area contributed by atoms with E-state index in [1.165, 1.54) is 19.3 Å². The van der Waals surface area contributed by atoms with E-state index in [-0.39, 0.29) is 5.75 Å². The summed E-state index contributed by atoms with van der Waals surface area (Å²) in [6, 6.07) is 0. The van der Waals surface area contributed by atoms with Crippen molar-refractivity contribution in [3.05, 3.63) is 23.8 Å². The zero-order valence-corrected chi connectivity index (χ0v) is 11.3. The van der Waals surface area contributed by atoms with Crippen LogP contribution in [0.4, 0.5) is 0 Å². The van der Waals surface area contributed by atoms with Gasteiger partial charge in [0.15, 0.2) is 0 Å². The van der Waals surface area contributed by atoms with Gasteiger partial charge in [0.1, 0.15) is 5.75 Å². The number of nitrogens with zero attached hydrogens (tertiary/aromatic N) is 2. The highest BCUT2D eigenvalue weighted by molar-refractivity contribution is 7.85. The van der Waals surface area contributed by atoms with Crippen LogP contribution >= 0.6 is 0 Å². The summed E-state index contributed by atoms with van der Waals surface area (Å²) in [7, 11) is -2.36. The number of hydrogen-bond donors (Lipinski definition) is 0. The smallest absolute Gasteiger partial charge is 0.272 e. The van der Waals surface area contributed by atoms with E-state index in [0.29, 0.717) is 11.6 Å². The van der Waals surface area contributed by atoms with Gasteiger partial charge in [-0.3, -0.25) is 14.2 Å². The molecule has 1 saturated carbocycles. The highest BCUT2D eigenvalue weighted by Gasteiger charge is 2.18. The number of rotatable bonds is 4. The molecule has 2 rings (SSSR count). The normalized spacial score (nSPS) is 17.8. The molecule has 0 spiro atoms. The third-order valence-corrected chi connectivity index (χ3v) is 4.48. The number of hydrogen-bond acceptors (Lipinski definition) is 5. The average Bonchev–Trinajstić information content (AvgIpc) is 2.40. The summed E-state index contributed by atoms with van der Waals surface area (Å²) < 4.78 is 26.9. The maximum atomic E-state index is 11.3. The Morgan fingerprint density at radius 3 is 2.50 bits per heavy atom. The maximum absolute atomic E-state index is 11.3. The minimum atomic E-state index is -3.51. The molecular formula is C12H18N2O3S. The first-order valence-electron chi connectivity index (χ1n) is 6.20. The summed E-state index contributed by atoms with van der Waals surface area (Å²) >= 11 is 0. The molecule has 1 aromatic heterocycles. The van der Waals surface area contributed by atoms with Gasteiger partial charge in [-0.1, -0.05) is 19.3 Å². The maximum Gasteiger partial charge on any atom is 0.272 e. The van der Waals surface area contributed by atoms with Gasteiger partial charge in [-0.25, -0.2) is 0 Å². The average molecular weight is 270 g/mol. The molecule has 0 aromatic carbocycles. The van der Waals surface area contributed by atoms with Crippen molar-refractivity contribution in [1.29, 1.82) is 0 Å². The second-order valence-electron chi connectivity index (χ2n) is 4.64. The molecule has 0 amide bonds. The van der Waals surface area contributed by atoms with E-state index in [9.17, 15) is 8.42 Å². The molecule has 5 nitrogen and oxygen atoms in total. The van der Waals surface area contributed by atoms with E-state index >= 15 is 0 Å². The van der Waals surface area contributed by atoms with Gasteiger partial charge in [0.2, 0.25) is 0 Å². The van der Waals surface area contributed by atoms with Gasteiger partial charge in [0.05, 0.1) is 18.5 Å². The van der Waals surface area contributed by atoms with Crippen LogP contribution in [-0.4, -0.2) is 25.5 Å². The molecule has 1 aliphatic carbocycles. The topological polar surface area (TPSA) is 69.2 Å². The zero-order valence-electron chi connectivity index (χ0n) is 10.5. The molecule has 0 saturated heterocycles. The summed E-state index contributed by atoms with van der Waals surface area (Å²) in [4.78, 5) is 8.50. The van der Waals surface area contributed by atoms with E-state index in [1.807, 2.05) is 0 Å². The molecule has 100 valence electrons. The Labute approximate surface area is 108 Å². The van der Waals surface area contributed by atoms with Crippen molar-refractivity contribution >= 4 is 10.1 Å². The fourth-order valence-corrected chi connectivity index (χ4v) is 2.92. The van der Waals surface area contributed by atoms with Gasteiger partial charge in [0, 0.05) is 18.3 Å². The van der Waals surface area contributed by atoms with E-state index in [0.717, 1.165) is 25.6 Å². The van der Waals surface area contributed by atoms with Crippen LogP contribution < -0.4 is 0 Å². The highest BCUT2D eigenvalue weighted by atomic mass is 32.2. The first-order chi connectivity index (χ1) is 8.61. The molecule has 0 aliphatic heterocycles. The third-order valence-electron chi connectivity index (χ3n) is 3.33. The summed E-state index contributed by atoms with van der Waals surface area (Å²) in [6.07, 6.45) is 9.35. The van der Waals surface area contributed by atoms with Gasteiger partial charge in [-0.2, -0.15) is 8.42 Å². The van der Waals surface area contributed by atoms with E-state index in [4.69, 9.17) is 0 Å². The Morgan fingerprint density at radius 1 is 1.22 bits per heavy atom. The second-order valence-corrected chi connectivity index (χ2v) is 6.37. The molecule has 18 heavy (non-hydrogen) atoms. The summed E-state index contributed by atoms with van der Waals surface area (Å²) in [5.41, 5.74) is 1.41. The van der Waals surface area contributed by atoms with Crippen LogP contribution in [0.2, 0.25) is 0 Å². The van der Waals surface area contributed by atoms with Gasteiger partial charge in [-0.05, 0) is 12.8 Å². The third kappa shape index (κ3) is 3.49. The van der Waals surface area contributed by atoms with Gasteiger partial charge >= 0.3 is 0 Å². The van der Waals surface area contributed by atoms with Crippen LogP contribution in [0.15, 0.2) is 12.4 Å². The Bertz CT molecular complexity index is 479. The van der Waals surface area contributed by atoms with Crippen molar-refractivity contribution in [2.24, 2.45) is 0 Å². The van der Waals surface area contributed by atoms with E-state index in [2.05, 4.69) is 14.2 Å². The predicted molar refractivity (Wildman–Crippen MR) is 67.5 cm³/mol. The summed E-state index contributed by atoms with van der Waals surface area (Å²) in [6.45, 7) is 0. The molecule has 1 fully saturated rings. The Hall–Kier alpha value is -1.01. The van der Waals surface area contributed by atoms with Crippen LogP contribution in [-0.2, 0) is 20.1 Å². The first-order valence-corrected chi connectivity index (χ1v) is 7.77. The van der Waals surface area contributed by atoms with Gasteiger partial charge in [-0.15, -0.1) is 0 Å². The SMILES string of the molecule is COS(=O)(=O)Cc1cnc(C2CCCCC2)cn1. The standard InChI is InChI=1S/C12H18N2O3S/c1-17-18(15,16)9-11-7-14-12(8-13-11)10-5-3-2-4-6-10/h7-8,10H,2-6,9H2,1H3. The lowest BCUT2D eigenvalue weighted by atomic mass is 9.87. The Balaban J connectivity index is 2.05. The van der Waals surface area contributed by atoms with Crippen LogP contribution in [0.5, 0.6) is 0 Å². The lowest BCUT2D eigenvalue weighted by Gasteiger charge is -2.20. The van der Waals surface area contributed by atoms with Gasteiger partial charge in [0.25, 0.3) is 10.1 Å². The molecule has 0 bridgehead atoms. The van der Waals surface area contributed by atoms with Gasteiger partial charge < -0.3 is 0 Å². The predicted octanol–water partition coefficient (Wildman–Crippen LogP) is 2.00. The fourth-order valence-electron chi connectivity index (χ4n) is 2.29. The highest BCUT2D eigenvalue weighted by Crippen LogP contribution is 2.30. The number of aromatic nitrogens is 2. The summed E-state index contributed by atoms with van der Waals surface area (Å²) in [5, 5.41) is 0. The quantitative estimate of drug-likeness (QED) is 0.783. The van der Waals surface area contributed by atoms with Crippen LogP contribution in [0.3, 0.4) is 0 Å². The summed E-state index contributed by atoms with van der Waals surface area (Å²) in [5.74, 6) is 0.265. The molecular weight excluding hydrogens is 252 g/mol. The van der Waals surface area contributed by atoms with E-state index < -0.39 is 10.1 Å². The van der Waals surface area contributed by atoms with Crippen molar-refractivity contribution in [3.8, 4) is 0 Å². The fraction of sp³-hybridized carbons (Fsp3) is 0.667. The second kappa shape index (κ2) is 5.75. The van der Waals surface area contributed by atoms with Crippen molar-refractivity contribution in [3.63, 3.8) is 0 Å². The molecule has 1 aromatic rings. The minimum absolute atomic E-state index is 0.221. The monoisotopic (exact) mass is 270 g/mol. The minimum Gasteiger partial charge on any atom is -0.273 e. The van der Waals surface area contributed by atoms with Crippen molar-refractivity contribution in [1.82, 2.24) is 9.97 Å². The molecule has 6 heteroatoms. The Morgan fingerprint density at radius 2 is 1.94 bits per heavy atom. The Kier molecular flexibility index (Phi) is 4.29. The molecule has 0 radical (unpaired) electrons. The molecule has 0 N–H and O–H groups in total. The molecule has 1 heterocycles. The lowest BCUT2D eigenvalue weighted by molar-refractivity contribution is 0.396. The van der Waals surface area contributed by atoms with Crippen LogP contribution in [0, 0.1) is 0 Å². The zero-order chi connectivity index (χ0) is 13.0. The molecule has 0 atom stereocenters. The largest absolute Gasteiger partial charge is 0.273 e. The molecule has 1 aliphatic rings. The van der Waals surface area contributed by atoms with Crippen molar-refractivity contribution in [2.45, 2.75) is 43.8 Å². The van der Waals surface area contributed by atoms with Crippen LogP contribution in [0.25, 0.3) is 0 Å². The van der Waals surface area contributed by atoms with Crippen molar-refractivity contribution < 1.29 is 12.6 Å². The van der Waals surface area contributed by atoms with E-state index in [1.54, 1.807) is 12.4 Å². The van der Waals surface area contributed by atoms with Crippen molar-refractivity contribution in [2.75, 3.05) is 7.11 Å². The molecule has 0 unspecified atom stereocenters. The lowest BCUT2D eigenvalue weighted by Crippen LogP contribution is -2.10.